The van der Waals surface area contributed by atoms with E-state index in [4.69, 9.17) is 4.98 Å². The van der Waals surface area contributed by atoms with Crippen molar-refractivity contribution in [1.82, 2.24) is 25.1 Å². The fraction of sp³-hybridized carbons (Fsp3) is 0.267. The van der Waals surface area contributed by atoms with Crippen LogP contribution in [-0.2, 0) is 11.3 Å². The topological polar surface area (TPSA) is 72.7 Å². The minimum atomic E-state index is -0.242. The predicted molar refractivity (Wildman–Crippen MR) is 151 cm³/mol. The third-order valence-electron chi connectivity index (χ3n) is 6.60. The molecule has 1 N–H and O–H groups in total. The Kier molecular flexibility index (Phi) is 7.98. The molecular weight excluding hydrogens is 497 g/mol. The number of unbranched alkanes of at least 4 members (excludes halogenated alkanes) is 1. The maximum atomic E-state index is 14.5. The van der Waals surface area contributed by atoms with Crippen molar-refractivity contribution in [3.63, 3.8) is 0 Å². The summed E-state index contributed by atoms with van der Waals surface area (Å²) in [6.07, 6.45) is 2.12. The number of hydrogen-bond donors (Lipinski definition) is 1. The highest BCUT2D eigenvalue weighted by Crippen LogP contribution is 2.29. The van der Waals surface area contributed by atoms with Gasteiger partial charge in [0.2, 0.25) is 11.1 Å². The molecule has 194 valence electrons. The van der Waals surface area contributed by atoms with Gasteiger partial charge in [-0.05, 0) is 50.5 Å². The van der Waals surface area contributed by atoms with Crippen molar-refractivity contribution in [3.05, 3.63) is 95.3 Å². The van der Waals surface area contributed by atoms with Crippen LogP contribution < -0.4 is 5.32 Å². The zero-order valence-electron chi connectivity index (χ0n) is 21.5. The van der Waals surface area contributed by atoms with Gasteiger partial charge in [0, 0.05) is 23.1 Å². The van der Waals surface area contributed by atoms with E-state index in [1.165, 1.54) is 17.8 Å². The molecule has 1 amide bonds. The highest BCUT2D eigenvalue weighted by molar-refractivity contribution is 7.99. The molecule has 0 saturated carbocycles. The Hall–Kier alpha value is -3.78. The van der Waals surface area contributed by atoms with Gasteiger partial charge < -0.3 is 9.88 Å². The third kappa shape index (κ3) is 5.86. The molecular formula is C30H30FN5OS. The smallest absolute Gasteiger partial charge is 0.220 e. The lowest BCUT2D eigenvalue weighted by Crippen LogP contribution is -2.26. The SMILES string of the molecule is Cc1ccc2c(c1)c1nnc(SCCCCC(=O)NC(C)c3ccccc3)nc1n2Cc1ccccc1F. The van der Waals surface area contributed by atoms with Gasteiger partial charge in [0.05, 0.1) is 18.1 Å². The number of carbonyl (C=O) groups is 1. The quantitative estimate of drug-likeness (QED) is 0.163. The molecule has 2 aromatic heterocycles. The maximum absolute atomic E-state index is 14.5. The lowest BCUT2D eigenvalue weighted by Gasteiger charge is -2.14. The van der Waals surface area contributed by atoms with Crippen LogP contribution in [0.25, 0.3) is 22.1 Å². The molecule has 1 unspecified atom stereocenters. The Balaban J connectivity index is 1.24. The lowest BCUT2D eigenvalue weighted by molar-refractivity contribution is -0.121. The van der Waals surface area contributed by atoms with Crippen LogP contribution in [0.4, 0.5) is 4.39 Å². The van der Waals surface area contributed by atoms with E-state index >= 15 is 0 Å². The molecule has 2 heterocycles. The Morgan fingerprint density at radius 2 is 1.82 bits per heavy atom. The van der Waals surface area contributed by atoms with Crippen molar-refractivity contribution >= 4 is 39.7 Å². The molecule has 0 radical (unpaired) electrons. The van der Waals surface area contributed by atoms with Gasteiger partial charge in [-0.2, -0.15) is 0 Å². The number of benzene rings is 3. The average Bonchev–Trinajstić information content (AvgIpc) is 3.22. The number of rotatable bonds is 10. The summed E-state index contributed by atoms with van der Waals surface area (Å²) in [6, 6.07) is 22.9. The first-order valence-corrected chi connectivity index (χ1v) is 13.8. The molecule has 8 heteroatoms. The Morgan fingerprint density at radius 1 is 1.03 bits per heavy atom. The first kappa shape index (κ1) is 25.9. The summed E-state index contributed by atoms with van der Waals surface area (Å²) in [7, 11) is 0. The van der Waals surface area contributed by atoms with Crippen LogP contribution >= 0.6 is 11.8 Å². The molecule has 38 heavy (non-hydrogen) atoms. The Labute approximate surface area is 225 Å². The van der Waals surface area contributed by atoms with Gasteiger partial charge in [-0.15, -0.1) is 10.2 Å². The molecule has 0 fully saturated rings. The highest BCUT2D eigenvalue weighted by Gasteiger charge is 2.17. The van der Waals surface area contributed by atoms with Gasteiger partial charge in [-0.25, -0.2) is 9.37 Å². The van der Waals surface area contributed by atoms with E-state index in [2.05, 4.69) is 21.6 Å². The number of aryl methyl sites for hydroxylation is 1. The first-order valence-electron chi connectivity index (χ1n) is 12.8. The monoisotopic (exact) mass is 527 g/mol. The van der Waals surface area contributed by atoms with E-state index in [0.717, 1.165) is 40.6 Å². The van der Waals surface area contributed by atoms with Crippen LogP contribution in [-0.4, -0.2) is 31.4 Å². The van der Waals surface area contributed by atoms with Crippen LogP contribution in [0, 0.1) is 12.7 Å². The van der Waals surface area contributed by atoms with Crippen molar-refractivity contribution < 1.29 is 9.18 Å². The molecule has 3 aromatic carbocycles. The van der Waals surface area contributed by atoms with E-state index in [0.29, 0.717) is 34.8 Å². The second-order valence-corrected chi connectivity index (χ2v) is 10.5. The molecule has 0 aliphatic heterocycles. The van der Waals surface area contributed by atoms with E-state index in [-0.39, 0.29) is 17.8 Å². The fourth-order valence-corrected chi connectivity index (χ4v) is 5.34. The Morgan fingerprint density at radius 3 is 2.63 bits per heavy atom. The van der Waals surface area contributed by atoms with E-state index < -0.39 is 0 Å². The fourth-order valence-electron chi connectivity index (χ4n) is 4.56. The summed E-state index contributed by atoms with van der Waals surface area (Å²) in [4.78, 5) is 17.2. The molecule has 0 spiro atoms. The van der Waals surface area contributed by atoms with E-state index in [9.17, 15) is 9.18 Å². The second-order valence-electron chi connectivity index (χ2n) is 9.47. The van der Waals surface area contributed by atoms with Crippen LogP contribution in [0.3, 0.4) is 0 Å². The summed E-state index contributed by atoms with van der Waals surface area (Å²) >= 11 is 1.53. The number of nitrogens with one attached hydrogen (secondary N) is 1. The van der Waals surface area contributed by atoms with E-state index in [1.807, 2.05) is 66.9 Å². The number of nitrogens with zero attached hydrogens (tertiary/aromatic N) is 4. The molecule has 0 aliphatic carbocycles. The average molecular weight is 528 g/mol. The minimum Gasteiger partial charge on any atom is -0.350 e. The number of aromatic nitrogens is 4. The number of amides is 1. The van der Waals surface area contributed by atoms with Gasteiger partial charge in [0.15, 0.2) is 5.65 Å². The molecule has 6 nitrogen and oxygen atoms in total. The number of thioether (sulfide) groups is 1. The van der Waals surface area contributed by atoms with Crippen molar-refractivity contribution in [3.8, 4) is 0 Å². The van der Waals surface area contributed by atoms with Crippen LogP contribution in [0.5, 0.6) is 0 Å². The number of carbonyl (C=O) groups excluding carboxylic acids is 1. The van der Waals surface area contributed by atoms with Gasteiger partial charge in [0.25, 0.3) is 0 Å². The standard InChI is InChI=1S/C30H30FN5OS/c1-20-15-16-26-24(18-20)28-29(36(26)19-23-12-6-7-13-25(23)31)33-30(35-34-28)38-17-9-8-14-27(37)32-21(2)22-10-4-3-5-11-22/h3-7,10-13,15-16,18,21H,8-9,14,17,19H2,1-2H3,(H,32,37). The second kappa shape index (κ2) is 11.7. The highest BCUT2D eigenvalue weighted by atomic mass is 32.2. The summed E-state index contributed by atoms with van der Waals surface area (Å²) in [6.45, 7) is 4.39. The molecule has 1 atom stereocenters. The minimum absolute atomic E-state index is 0.0100. The molecule has 0 bridgehead atoms. The van der Waals surface area contributed by atoms with Crippen LogP contribution in [0.1, 0.15) is 48.9 Å². The summed E-state index contributed by atoms with van der Waals surface area (Å²) in [5, 5.41) is 13.5. The van der Waals surface area contributed by atoms with Crippen molar-refractivity contribution in [2.24, 2.45) is 0 Å². The van der Waals surface area contributed by atoms with Crippen molar-refractivity contribution in [1.29, 1.82) is 0 Å². The lowest BCUT2D eigenvalue weighted by atomic mass is 10.1. The zero-order chi connectivity index (χ0) is 26.5. The van der Waals surface area contributed by atoms with Gasteiger partial charge in [-0.1, -0.05) is 71.9 Å². The van der Waals surface area contributed by atoms with E-state index in [1.54, 1.807) is 12.1 Å². The molecule has 0 saturated heterocycles. The van der Waals surface area contributed by atoms with Crippen molar-refractivity contribution in [2.75, 3.05) is 5.75 Å². The van der Waals surface area contributed by atoms with Gasteiger partial charge in [-0.3, -0.25) is 4.79 Å². The molecule has 5 aromatic rings. The normalized spacial score (nSPS) is 12.2. The first-order chi connectivity index (χ1) is 18.5. The summed E-state index contributed by atoms with van der Waals surface area (Å²) < 4.78 is 16.5. The number of hydrogen-bond acceptors (Lipinski definition) is 5. The van der Waals surface area contributed by atoms with Crippen LogP contribution in [0.15, 0.2) is 78.0 Å². The van der Waals surface area contributed by atoms with Gasteiger partial charge in [0.1, 0.15) is 11.3 Å². The van der Waals surface area contributed by atoms with Crippen LogP contribution in [0.2, 0.25) is 0 Å². The largest absolute Gasteiger partial charge is 0.350 e. The molecule has 0 aliphatic rings. The number of fused-ring (bicyclic) bond motifs is 3. The van der Waals surface area contributed by atoms with Crippen molar-refractivity contribution in [2.45, 2.75) is 50.9 Å². The summed E-state index contributed by atoms with van der Waals surface area (Å²) in [5.74, 6) is 0.591. The van der Waals surface area contributed by atoms with Gasteiger partial charge >= 0.3 is 0 Å². The zero-order valence-corrected chi connectivity index (χ0v) is 22.3. The number of halogens is 1. The summed E-state index contributed by atoms with van der Waals surface area (Å²) in [5.41, 5.74) is 5.17. The molecule has 5 rings (SSSR count). The maximum Gasteiger partial charge on any atom is 0.220 e. The third-order valence-corrected chi connectivity index (χ3v) is 7.52. The predicted octanol–water partition coefficient (Wildman–Crippen LogP) is 6.62. The Bertz CT molecular complexity index is 1570.